The molecule has 0 spiro atoms. The minimum atomic E-state index is -4.33. The quantitative estimate of drug-likeness (QED) is 0.572. The number of nitrogens with zero attached hydrogens (tertiary/aromatic N) is 2. The van der Waals surface area contributed by atoms with Gasteiger partial charge in [0.2, 0.25) is 0 Å². The van der Waals surface area contributed by atoms with E-state index in [-0.39, 0.29) is 16.9 Å². The van der Waals surface area contributed by atoms with E-state index in [1.165, 1.54) is 12.4 Å². The summed E-state index contributed by atoms with van der Waals surface area (Å²) in [7, 11) is 0. The minimum Gasteiger partial charge on any atom is -0.230 e. The fraction of sp³-hybridized carbons (Fsp3) is 0.200. The minimum absolute atomic E-state index is 0.300. The van der Waals surface area contributed by atoms with Crippen LogP contribution in [-0.2, 0) is 0 Å². The SMILES string of the molecule is FC(F)(F)Sc1ncc(Br)cn1. The third kappa shape index (κ3) is 3.40. The fourth-order valence-electron chi connectivity index (χ4n) is 0.457. The summed E-state index contributed by atoms with van der Waals surface area (Å²) in [5.74, 6) is 0. The summed E-state index contributed by atoms with van der Waals surface area (Å²) >= 11 is 2.68. The largest absolute Gasteiger partial charge is 0.449 e. The summed E-state index contributed by atoms with van der Waals surface area (Å²) in [5, 5.41) is -0.300. The molecule has 0 N–H and O–H groups in total. The Morgan fingerprint density at radius 1 is 1.25 bits per heavy atom. The molecule has 0 aliphatic heterocycles. The van der Waals surface area contributed by atoms with Gasteiger partial charge in [0.25, 0.3) is 0 Å². The van der Waals surface area contributed by atoms with Crippen molar-refractivity contribution in [3.8, 4) is 0 Å². The molecule has 1 aromatic rings. The summed E-state index contributed by atoms with van der Waals surface area (Å²) in [6.45, 7) is 0. The van der Waals surface area contributed by atoms with Crippen molar-refractivity contribution in [2.45, 2.75) is 10.7 Å². The Balaban J connectivity index is 2.71. The molecule has 1 rings (SSSR count). The summed E-state index contributed by atoms with van der Waals surface area (Å²) in [6.07, 6.45) is 2.53. The maximum absolute atomic E-state index is 11.7. The zero-order chi connectivity index (χ0) is 9.19. The topological polar surface area (TPSA) is 25.8 Å². The molecule has 0 atom stereocenters. The van der Waals surface area contributed by atoms with Gasteiger partial charge in [-0.3, -0.25) is 0 Å². The average molecular weight is 259 g/mol. The molecule has 0 saturated carbocycles. The Hall–Kier alpha value is -0.300. The van der Waals surface area contributed by atoms with Gasteiger partial charge in [0.15, 0.2) is 5.16 Å². The maximum atomic E-state index is 11.7. The summed E-state index contributed by atoms with van der Waals surface area (Å²) in [5.41, 5.74) is -4.33. The molecule has 0 saturated heterocycles. The number of halogens is 4. The van der Waals surface area contributed by atoms with Gasteiger partial charge < -0.3 is 0 Å². The van der Waals surface area contributed by atoms with Crippen molar-refractivity contribution in [1.29, 1.82) is 0 Å². The lowest BCUT2D eigenvalue weighted by Gasteiger charge is -2.02. The van der Waals surface area contributed by atoms with E-state index < -0.39 is 5.51 Å². The summed E-state index contributed by atoms with van der Waals surface area (Å²) in [6, 6.07) is 0. The van der Waals surface area contributed by atoms with E-state index >= 15 is 0 Å². The average Bonchev–Trinajstić information content (AvgIpc) is 1.91. The second-order valence-corrected chi connectivity index (χ2v) is 3.68. The van der Waals surface area contributed by atoms with Crippen LogP contribution in [0.2, 0.25) is 0 Å². The van der Waals surface area contributed by atoms with Crippen LogP contribution in [0.1, 0.15) is 0 Å². The first-order valence-electron chi connectivity index (χ1n) is 2.71. The second-order valence-electron chi connectivity index (χ2n) is 1.73. The van der Waals surface area contributed by atoms with Gasteiger partial charge in [-0.1, -0.05) is 0 Å². The first-order chi connectivity index (χ1) is 5.47. The first-order valence-corrected chi connectivity index (χ1v) is 4.31. The predicted molar refractivity (Wildman–Crippen MR) is 41.6 cm³/mol. The van der Waals surface area contributed by atoms with Gasteiger partial charge in [-0.05, 0) is 15.9 Å². The Bertz CT molecular complexity index is 260. The number of rotatable bonds is 1. The molecule has 0 radical (unpaired) electrons. The van der Waals surface area contributed by atoms with E-state index in [1.54, 1.807) is 0 Å². The van der Waals surface area contributed by atoms with Crippen molar-refractivity contribution < 1.29 is 13.2 Å². The zero-order valence-electron chi connectivity index (χ0n) is 5.47. The lowest BCUT2D eigenvalue weighted by molar-refractivity contribution is -0.0331. The van der Waals surface area contributed by atoms with Crippen LogP contribution < -0.4 is 0 Å². The second kappa shape index (κ2) is 3.61. The van der Waals surface area contributed by atoms with E-state index in [0.717, 1.165) is 0 Å². The summed E-state index contributed by atoms with van der Waals surface area (Å²) in [4.78, 5) is 6.90. The molecule has 12 heavy (non-hydrogen) atoms. The Labute approximate surface area is 78.7 Å². The van der Waals surface area contributed by atoms with Crippen molar-refractivity contribution in [3.05, 3.63) is 16.9 Å². The predicted octanol–water partition coefficient (Wildman–Crippen LogP) is 2.85. The molecule has 0 amide bonds. The number of thioether (sulfide) groups is 1. The standard InChI is InChI=1S/C5H2BrF3N2S/c6-3-1-10-4(11-2-3)12-5(7,8)9/h1-2H. The Morgan fingerprint density at radius 2 is 1.75 bits per heavy atom. The van der Waals surface area contributed by atoms with Crippen molar-refractivity contribution in [1.82, 2.24) is 9.97 Å². The van der Waals surface area contributed by atoms with Gasteiger partial charge in [0.1, 0.15) is 0 Å². The third-order valence-corrected chi connectivity index (χ3v) is 1.84. The maximum Gasteiger partial charge on any atom is 0.449 e. The highest BCUT2D eigenvalue weighted by Crippen LogP contribution is 2.34. The van der Waals surface area contributed by atoms with Crippen LogP contribution in [0, 0.1) is 0 Å². The highest BCUT2D eigenvalue weighted by Gasteiger charge is 2.30. The van der Waals surface area contributed by atoms with Crippen LogP contribution >= 0.6 is 27.7 Å². The van der Waals surface area contributed by atoms with Gasteiger partial charge >= 0.3 is 5.51 Å². The van der Waals surface area contributed by atoms with Crippen molar-refractivity contribution >= 4 is 27.7 Å². The normalized spacial score (nSPS) is 11.7. The highest BCUT2D eigenvalue weighted by molar-refractivity contribution is 9.10. The van der Waals surface area contributed by atoms with Gasteiger partial charge in [-0.2, -0.15) is 13.2 Å². The van der Waals surface area contributed by atoms with Crippen molar-refractivity contribution in [3.63, 3.8) is 0 Å². The molecule has 0 bridgehead atoms. The van der Waals surface area contributed by atoms with Crippen LogP contribution in [0.25, 0.3) is 0 Å². The lowest BCUT2D eigenvalue weighted by atomic mass is 10.7. The Morgan fingerprint density at radius 3 is 2.17 bits per heavy atom. The molecule has 0 fully saturated rings. The van der Waals surface area contributed by atoms with Gasteiger partial charge in [-0.15, -0.1) is 0 Å². The van der Waals surface area contributed by atoms with Crippen LogP contribution in [0.4, 0.5) is 13.2 Å². The van der Waals surface area contributed by atoms with Crippen LogP contribution in [0.15, 0.2) is 22.0 Å². The van der Waals surface area contributed by atoms with Crippen molar-refractivity contribution in [2.75, 3.05) is 0 Å². The third-order valence-electron chi connectivity index (χ3n) is 0.804. The molecule has 1 aromatic heterocycles. The molecule has 1 heterocycles. The highest BCUT2D eigenvalue weighted by atomic mass is 79.9. The number of aromatic nitrogens is 2. The van der Waals surface area contributed by atoms with Gasteiger partial charge in [-0.25, -0.2) is 9.97 Å². The lowest BCUT2D eigenvalue weighted by Crippen LogP contribution is -2.01. The number of hydrogen-bond donors (Lipinski definition) is 0. The summed E-state index contributed by atoms with van der Waals surface area (Å²) < 4.78 is 35.7. The Kier molecular flexibility index (Phi) is 2.94. The molecule has 0 aromatic carbocycles. The molecule has 0 unspecified atom stereocenters. The number of alkyl halides is 3. The fourth-order valence-corrected chi connectivity index (χ4v) is 1.08. The monoisotopic (exact) mass is 258 g/mol. The molecule has 2 nitrogen and oxygen atoms in total. The molecule has 66 valence electrons. The van der Waals surface area contributed by atoms with Crippen molar-refractivity contribution in [2.24, 2.45) is 0 Å². The molecular formula is C5H2BrF3N2S. The van der Waals surface area contributed by atoms with E-state index in [1.807, 2.05) is 0 Å². The smallest absolute Gasteiger partial charge is 0.230 e. The van der Waals surface area contributed by atoms with E-state index in [4.69, 9.17) is 0 Å². The number of hydrogen-bond acceptors (Lipinski definition) is 3. The molecular weight excluding hydrogens is 257 g/mol. The van der Waals surface area contributed by atoms with Crippen LogP contribution in [0.3, 0.4) is 0 Å². The van der Waals surface area contributed by atoms with Gasteiger partial charge in [0.05, 0.1) is 4.47 Å². The zero-order valence-corrected chi connectivity index (χ0v) is 7.87. The van der Waals surface area contributed by atoms with Gasteiger partial charge in [0, 0.05) is 24.2 Å². The molecule has 0 aliphatic carbocycles. The van der Waals surface area contributed by atoms with E-state index in [0.29, 0.717) is 4.47 Å². The molecule has 7 heteroatoms. The molecule has 0 aliphatic rings. The van der Waals surface area contributed by atoms with E-state index in [9.17, 15) is 13.2 Å². The van der Waals surface area contributed by atoms with E-state index in [2.05, 4.69) is 25.9 Å². The first kappa shape index (κ1) is 9.79. The van der Waals surface area contributed by atoms with Crippen LogP contribution in [0.5, 0.6) is 0 Å². The van der Waals surface area contributed by atoms with Crippen LogP contribution in [-0.4, -0.2) is 15.5 Å².